The van der Waals surface area contributed by atoms with Crippen LogP contribution in [0.25, 0.3) is 0 Å². The zero-order valence-electron chi connectivity index (χ0n) is 10.7. The first-order valence-electron chi connectivity index (χ1n) is 5.60. The second-order valence-electron chi connectivity index (χ2n) is 4.21. The van der Waals surface area contributed by atoms with Gasteiger partial charge in [0.15, 0.2) is 0 Å². The van der Waals surface area contributed by atoms with E-state index in [1.807, 2.05) is 32.8 Å². The predicted octanol–water partition coefficient (Wildman–Crippen LogP) is -0.0294. The highest BCUT2D eigenvalue weighted by atomic mass is 32.2. The van der Waals surface area contributed by atoms with Crippen LogP contribution in [-0.2, 0) is 10.0 Å². The molecule has 1 N–H and O–H groups in total. The van der Waals surface area contributed by atoms with Gasteiger partial charge in [-0.1, -0.05) is 6.92 Å². The first-order valence-corrected chi connectivity index (χ1v) is 7.21. The monoisotopic (exact) mass is 252 g/mol. The maximum Gasteiger partial charge on any atom is 0.214 e. The first kappa shape index (κ1) is 15.8. The van der Waals surface area contributed by atoms with E-state index in [4.69, 9.17) is 5.11 Å². The molecule has 0 aliphatic rings. The Balaban J connectivity index is 4.57. The van der Waals surface area contributed by atoms with Crippen molar-refractivity contribution < 1.29 is 13.5 Å². The molecule has 0 aliphatic carbocycles. The van der Waals surface area contributed by atoms with Gasteiger partial charge in [0.25, 0.3) is 0 Å². The quantitative estimate of drug-likeness (QED) is 0.659. The third-order valence-electron chi connectivity index (χ3n) is 2.35. The van der Waals surface area contributed by atoms with Crippen molar-refractivity contribution >= 4 is 10.0 Å². The van der Waals surface area contributed by atoms with Crippen molar-refractivity contribution in [3.63, 3.8) is 0 Å². The van der Waals surface area contributed by atoms with Crippen molar-refractivity contribution in [1.29, 1.82) is 0 Å². The Morgan fingerprint density at radius 3 is 2.25 bits per heavy atom. The van der Waals surface area contributed by atoms with Gasteiger partial charge in [-0.15, -0.1) is 0 Å². The van der Waals surface area contributed by atoms with E-state index in [0.29, 0.717) is 19.5 Å². The van der Waals surface area contributed by atoms with Crippen molar-refractivity contribution in [3.05, 3.63) is 0 Å². The third-order valence-corrected chi connectivity index (χ3v) is 4.49. The van der Waals surface area contributed by atoms with Gasteiger partial charge in [-0.3, -0.25) is 0 Å². The number of rotatable bonds is 8. The summed E-state index contributed by atoms with van der Waals surface area (Å²) in [6.45, 7) is 4.83. The largest absolute Gasteiger partial charge is 0.396 e. The van der Waals surface area contributed by atoms with Crippen molar-refractivity contribution in [2.45, 2.75) is 26.3 Å². The van der Waals surface area contributed by atoms with Gasteiger partial charge in [-0.05, 0) is 27.4 Å². The maximum atomic E-state index is 11.9. The zero-order valence-corrected chi connectivity index (χ0v) is 11.5. The molecule has 0 bridgehead atoms. The molecule has 0 spiro atoms. The van der Waals surface area contributed by atoms with E-state index in [2.05, 4.69) is 0 Å². The second-order valence-corrected chi connectivity index (χ2v) is 6.25. The fourth-order valence-electron chi connectivity index (χ4n) is 1.77. The molecule has 1 unspecified atom stereocenters. The van der Waals surface area contributed by atoms with E-state index in [9.17, 15) is 8.42 Å². The van der Waals surface area contributed by atoms with Crippen molar-refractivity contribution in [1.82, 2.24) is 9.21 Å². The van der Waals surface area contributed by atoms with E-state index < -0.39 is 10.0 Å². The molecule has 0 radical (unpaired) electrons. The van der Waals surface area contributed by atoms with Crippen LogP contribution >= 0.6 is 0 Å². The number of nitrogens with zero attached hydrogens (tertiary/aromatic N) is 2. The average molecular weight is 252 g/mol. The molecule has 98 valence electrons. The van der Waals surface area contributed by atoms with Gasteiger partial charge < -0.3 is 10.0 Å². The van der Waals surface area contributed by atoms with Crippen LogP contribution in [0.5, 0.6) is 0 Å². The normalized spacial score (nSPS) is 14.7. The van der Waals surface area contributed by atoms with E-state index in [1.165, 1.54) is 4.31 Å². The lowest BCUT2D eigenvalue weighted by molar-refractivity contribution is 0.267. The van der Waals surface area contributed by atoms with Crippen LogP contribution < -0.4 is 0 Å². The van der Waals surface area contributed by atoms with Gasteiger partial charge in [-0.2, -0.15) is 4.31 Å². The first-order chi connectivity index (χ1) is 7.35. The van der Waals surface area contributed by atoms with Crippen LogP contribution in [0.1, 0.15) is 20.3 Å². The van der Waals surface area contributed by atoms with Crippen molar-refractivity contribution in [2.75, 3.05) is 39.5 Å². The summed E-state index contributed by atoms with van der Waals surface area (Å²) >= 11 is 0. The fourth-order valence-corrected chi connectivity index (χ4v) is 3.50. The molecule has 0 saturated heterocycles. The second kappa shape index (κ2) is 7.21. The van der Waals surface area contributed by atoms with Gasteiger partial charge >= 0.3 is 0 Å². The minimum absolute atomic E-state index is 0.0229. The van der Waals surface area contributed by atoms with Crippen LogP contribution in [-0.4, -0.2) is 68.3 Å². The van der Waals surface area contributed by atoms with Crippen LogP contribution in [0.15, 0.2) is 0 Å². The van der Waals surface area contributed by atoms with Gasteiger partial charge in [0.2, 0.25) is 10.0 Å². The standard InChI is InChI=1S/C10H24N2O3S/c1-5-12(10(2)9-11(3)4)16(14,15)8-6-7-13/h10,13H,5-9H2,1-4H3. The molecule has 1 atom stereocenters. The Bertz CT molecular complexity index is 278. The topological polar surface area (TPSA) is 60.9 Å². The maximum absolute atomic E-state index is 11.9. The SMILES string of the molecule is CCN(C(C)CN(C)C)S(=O)(=O)CCCO. The van der Waals surface area contributed by atoms with E-state index >= 15 is 0 Å². The van der Waals surface area contributed by atoms with Gasteiger partial charge in [0, 0.05) is 25.7 Å². The Morgan fingerprint density at radius 1 is 1.31 bits per heavy atom. The van der Waals surface area contributed by atoms with E-state index in [0.717, 1.165) is 0 Å². The molecular formula is C10H24N2O3S. The summed E-state index contributed by atoms with van der Waals surface area (Å²) in [6.07, 6.45) is 0.299. The summed E-state index contributed by atoms with van der Waals surface area (Å²) in [6, 6.07) is -0.0382. The van der Waals surface area contributed by atoms with E-state index in [-0.39, 0.29) is 18.4 Å². The zero-order chi connectivity index (χ0) is 12.8. The number of aliphatic hydroxyl groups excluding tert-OH is 1. The summed E-state index contributed by atoms with van der Waals surface area (Å²) in [4.78, 5) is 1.97. The van der Waals surface area contributed by atoms with Crippen LogP contribution in [0.4, 0.5) is 0 Å². The molecule has 0 heterocycles. The minimum atomic E-state index is -3.23. The number of aliphatic hydroxyl groups is 1. The number of hydrogen-bond donors (Lipinski definition) is 1. The molecule has 5 nitrogen and oxygen atoms in total. The Hall–Kier alpha value is -0.170. The predicted molar refractivity (Wildman–Crippen MR) is 65.9 cm³/mol. The van der Waals surface area contributed by atoms with Gasteiger partial charge in [0.05, 0.1) is 5.75 Å². The molecule has 0 saturated carbocycles. The lowest BCUT2D eigenvalue weighted by Gasteiger charge is -2.29. The highest BCUT2D eigenvalue weighted by Crippen LogP contribution is 2.09. The van der Waals surface area contributed by atoms with Gasteiger partial charge in [0.1, 0.15) is 0 Å². The Morgan fingerprint density at radius 2 is 1.88 bits per heavy atom. The lowest BCUT2D eigenvalue weighted by atomic mass is 10.3. The molecule has 16 heavy (non-hydrogen) atoms. The fraction of sp³-hybridized carbons (Fsp3) is 1.00. The number of sulfonamides is 1. The molecule has 0 aromatic rings. The summed E-state index contributed by atoms with van der Waals surface area (Å²) in [7, 11) is 0.610. The van der Waals surface area contributed by atoms with Crippen LogP contribution in [0, 0.1) is 0 Å². The molecule has 0 aromatic carbocycles. The summed E-state index contributed by atoms with van der Waals surface area (Å²) < 4.78 is 25.4. The van der Waals surface area contributed by atoms with Crippen LogP contribution in [0.3, 0.4) is 0 Å². The molecule has 0 aliphatic heterocycles. The lowest BCUT2D eigenvalue weighted by Crippen LogP contribution is -2.44. The smallest absolute Gasteiger partial charge is 0.214 e. The molecule has 0 aromatic heterocycles. The van der Waals surface area contributed by atoms with Crippen molar-refractivity contribution in [2.24, 2.45) is 0 Å². The minimum Gasteiger partial charge on any atom is -0.396 e. The Kier molecular flexibility index (Phi) is 7.14. The average Bonchev–Trinajstić information content (AvgIpc) is 2.14. The van der Waals surface area contributed by atoms with E-state index in [1.54, 1.807) is 0 Å². The third kappa shape index (κ3) is 5.25. The molecule has 6 heteroatoms. The molecule has 0 rings (SSSR count). The number of likely N-dealkylation sites (N-methyl/N-ethyl adjacent to an activating group) is 2. The van der Waals surface area contributed by atoms with Gasteiger partial charge in [-0.25, -0.2) is 8.42 Å². The highest BCUT2D eigenvalue weighted by molar-refractivity contribution is 7.89. The summed E-state index contributed by atoms with van der Waals surface area (Å²) in [5.74, 6) is 0.0229. The number of hydrogen-bond acceptors (Lipinski definition) is 4. The van der Waals surface area contributed by atoms with Crippen molar-refractivity contribution in [3.8, 4) is 0 Å². The summed E-state index contributed by atoms with van der Waals surface area (Å²) in [5.41, 5.74) is 0. The molecule has 0 amide bonds. The molecular weight excluding hydrogens is 228 g/mol. The molecule has 0 fully saturated rings. The Labute approximate surface area is 99.1 Å². The summed E-state index contributed by atoms with van der Waals surface area (Å²) in [5, 5.41) is 8.68. The van der Waals surface area contributed by atoms with Crippen LogP contribution in [0.2, 0.25) is 0 Å². The highest BCUT2D eigenvalue weighted by Gasteiger charge is 2.25.